The van der Waals surface area contributed by atoms with Gasteiger partial charge in [0, 0.05) is 21.5 Å². The first kappa shape index (κ1) is 15.1. The summed E-state index contributed by atoms with van der Waals surface area (Å²) < 4.78 is 1.18. The maximum absolute atomic E-state index is 3.79. The highest BCUT2D eigenvalue weighted by Gasteiger charge is 2.23. The van der Waals surface area contributed by atoms with Crippen LogP contribution in [0.4, 0.5) is 0 Å². The van der Waals surface area contributed by atoms with Crippen molar-refractivity contribution in [1.29, 1.82) is 0 Å². The van der Waals surface area contributed by atoms with Crippen LogP contribution in [0.3, 0.4) is 0 Å². The Morgan fingerprint density at radius 2 is 1.95 bits per heavy atom. The third kappa shape index (κ3) is 3.36. The van der Waals surface area contributed by atoms with E-state index in [1.54, 1.807) is 11.8 Å². The van der Waals surface area contributed by atoms with E-state index in [0.29, 0.717) is 12.1 Å². The Hall–Kier alpha value is -0.770. The number of fused-ring (bicyclic) bond motifs is 1. The van der Waals surface area contributed by atoms with Crippen LogP contribution in [0.5, 0.6) is 0 Å². The van der Waals surface area contributed by atoms with Crippen molar-refractivity contribution < 1.29 is 0 Å². The van der Waals surface area contributed by atoms with Crippen molar-refractivity contribution in [3.05, 3.63) is 63.6 Å². The smallest absolute Gasteiger partial charge is 0.0331 e. The van der Waals surface area contributed by atoms with E-state index in [0.717, 1.165) is 0 Å². The molecule has 0 aromatic heterocycles. The Kier molecular flexibility index (Phi) is 4.72. The van der Waals surface area contributed by atoms with Crippen LogP contribution < -0.4 is 5.32 Å². The molecule has 2 atom stereocenters. The molecule has 0 saturated carbocycles. The summed E-state index contributed by atoms with van der Waals surface area (Å²) in [6.45, 7) is 2.25. The molecule has 0 amide bonds. The molecular weight excluding hydrogens is 342 g/mol. The SMILES string of the molecule is CSc1ccc(C(C)NC2CCc3cc(Br)ccc32)cc1. The summed E-state index contributed by atoms with van der Waals surface area (Å²) in [5.41, 5.74) is 4.30. The van der Waals surface area contributed by atoms with Gasteiger partial charge in [-0.05, 0) is 67.0 Å². The molecule has 3 rings (SSSR count). The average Bonchev–Trinajstić information content (AvgIpc) is 2.89. The molecule has 0 saturated heterocycles. The van der Waals surface area contributed by atoms with Crippen molar-refractivity contribution in [3.63, 3.8) is 0 Å². The van der Waals surface area contributed by atoms with Crippen molar-refractivity contribution >= 4 is 27.7 Å². The third-order valence-corrected chi connectivity index (χ3v) is 5.49. The Bertz CT molecular complexity index is 624. The minimum atomic E-state index is 0.375. The summed E-state index contributed by atoms with van der Waals surface area (Å²) in [5.74, 6) is 0. The molecule has 0 bridgehead atoms. The lowest BCUT2D eigenvalue weighted by molar-refractivity contribution is 0.465. The maximum atomic E-state index is 3.79. The molecule has 2 unspecified atom stereocenters. The summed E-state index contributed by atoms with van der Waals surface area (Å²) in [7, 11) is 0. The second-order valence-electron chi connectivity index (χ2n) is 5.60. The zero-order valence-corrected chi connectivity index (χ0v) is 14.8. The molecule has 0 spiro atoms. The number of thioether (sulfide) groups is 1. The molecule has 1 nitrogen and oxygen atoms in total. The molecule has 2 aromatic rings. The second kappa shape index (κ2) is 6.55. The Morgan fingerprint density at radius 3 is 2.67 bits per heavy atom. The van der Waals surface area contributed by atoms with Crippen LogP contribution in [0.2, 0.25) is 0 Å². The Labute approximate surface area is 139 Å². The van der Waals surface area contributed by atoms with E-state index in [-0.39, 0.29) is 0 Å². The number of hydrogen-bond acceptors (Lipinski definition) is 2. The average molecular weight is 362 g/mol. The summed E-state index contributed by atoms with van der Waals surface area (Å²) in [4.78, 5) is 1.32. The van der Waals surface area contributed by atoms with Crippen molar-refractivity contribution in [3.8, 4) is 0 Å². The highest BCUT2D eigenvalue weighted by molar-refractivity contribution is 9.10. The number of nitrogens with one attached hydrogen (secondary N) is 1. The molecule has 0 heterocycles. The second-order valence-corrected chi connectivity index (χ2v) is 7.39. The van der Waals surface area contributed by atoms with E-state index >= 15 is 0 Å². The molecule has 1 N–H and O–H groups in total. The molecule has 21 heavy (non-hydrogen) atoms. The minimum absolute atomic E-state index is 0.375. The first-order valence-electron chi connectivity index (χ1n) is 7.35. The molecule has 1 aliphatic carbocycles. The standard InChI is InChI=1S/C18H20BrNS/c1-12(13-3-7-16(21-2)8-4-13)20-18-10-5-14-11-15(19)6-9-17(14)18/h3-4,6-9,11-12,18,20H,5,10H2,1-2H3. The largest absolute Gasteiger partial charge is 0.303 e. The van der Waals surface area contributed by atoms with E-state index < -0.39 is 0 Å². The summed E-state index contributed by atoms with van der Waals surface area (Å²) in [6.07, 6.45) is 4.48. The lowest BCUT2D eigenvalue weighted by Crippen LogP contribution is -2.22. The van der Waals surface area contributed by atoms with Gasteiger partial charge in [-0.3, -0.25) is 0 Å². The molecule has 3 heteroatoms. The summed E-state index contributed by atoms with van der Waals surface area (Å²) >= 11 is 5.35. The number of hydrogen-bond donors (Lipinski definition) is 1. The molecule has 0 radical (unpaired) electrons. The number of benzene rings is 2. The fraction of sp³-hybridized carbons (Fsp3) is 0.333. The van der Waals surface area contributed by atoms with Gasteiger partial charge >= 0.3 is 0 Å². The number of rotatable bonds is 4. The highest BCUT2D eigenvalue weighted by atomic mass is 79.9. The lowest BCUT2D eigenvalue weighted by atomic mass is 10.0. The molecule has 0 fully saturated rings. The van der Waals surface area contributed by atoms with Crippen LogP contribution in [0.1, 0.15) is 42.1 Å². The van der Waals surface area contributed by atoms with Crippen LogP contribution in [0.25, 0.3) is 0 Å². The molecule has 2 aromatic carbocycles. The quantitative estimate of drug-likeness (QED) is 0.720. The van der Waals surface area contributed by atoms with Gasteiger partial charge in [-0.1, -0.05) is 34.1 Å². The van der Waals surface area contributed by atoms with Gasteiger partial charge in [0.15, 0.2) is 0 Å². The summed E-state index contributed by atoms with van der Waals surface area (Å²) in [5, 5.41) is 3.79. The van der Waals surface area contributed by atoms with Crippen LogP contribution in [-0.2, 0) is 6.42 Å². The van der Waals surface area contributed by atoms with Gasteiger partial charge in [0.2, 0.25) is 0 Å². The van der Waals surface area contributed by atoms with Crippen LogP contribution in [0.15, 0.2) is 51.8 Å². The van der Waals surface area contributed by atoms with Crippen molar-refractivity contribution in [2.75, 3.05) is 6.26 Å². The predicted octanol–water partition coefficient (Wildman–Crippen LogP) is 5.51. The van der Waals surface area contributed by atoms with E-state index in [4.69, 9.17) is 0 Å². The van der Waals surface area contributed by atoms with Gasteiger partial charge in [0.05, 0.1) is 0 Å². The van der Waals surface area contributed by atoms with Crippen molar-refractivity contribution in [1.82, 2.24) is 5.32 Å². The van der Waals surface area contributed by atoms with Crippen molar-refractivity contribution in [2.24, 2.45) is 0 Å². The van der Waals surface area contributed by atoms with Gasteiger partial charge < -0.3 is 5.32 Å². The van der Waals surface area contributed by atoms with Gasteiger partial charge in [0.1, 0.15) is 0 Å². The number of halogens is 1. The van der Waals surface area contributed by atoms with Crippen molar-refractivity contribution in [2.45, 2.75) is 36.7 Å². The molecule has 0 aliphatic heterocycles. The lowest BCUT2D eigenvalue weighted by Gasteiger charge is -2.21. The van der Waals surface area contributed by atoms with E-state index in [9.17, 15) is 0 Å². The van der Waals surface area contributed by atoms with Gasteiger partial charge in [-0.25, -0.2) is 0 Å². The fourth-order valence-corrected chi connectivity index (χ4v) is 3.87. The Morgan fingerprint density at radius 1 is 1.19 bits per heavy atom. The van der Waals surface area contributed by atoms with E-state index in [2.05, 4.69) is 76.9 Å². The zero-order valence-electron chi connectivity index (χ0n) is 12.4. The normalized spacial score (nSPS) is 18.5. The van der Waals surface area contributed by atoms with E-state index in [1.165, 1.54) is 38.9 Å². The minimum Gasteiger partial charge on any atom is -0.303 e. The fourth-order valence-electron chi connectivity index (χ4n) is 3.05. The van der Waals surface area contributed by atoms with Gasteiger partial charge in [-0.2, -0.15) is 0 Å². The van der Waals surface area contributed by atoms with Gasteiger partial charge in [-0.15, -0.1) is 11.8 Å². The predicted molar refractivity (Wildman–Crippen MR) is 95.0 cm³/mol. The topological polar surface area (TPSA) is 12.0 Å². The molecule has 110 valence electrons. The first-order chi connectivity index (χ1) is 10.2. The van der Waals surface area contributed by atoms with Crippen LogP contribution in [0, 0.1) is 0 Å². The monoisotopic (exact) mass is 361 g/mol. The summed E-state index contributed by atoms with van der Waals surface area (Å²) in [6, 6.07) is 16.4. The highest BCUT2D eigenvalue weighted by Crippen LogP contribution is 2.34. The first-order valence-corrected chi connectivity index (χ1v) is 9.37. The van der Waals surface area contributed by atoms with Crippen LogP contribution >= 0.6 is 27.7 Å². The molecule has 1 aliphatic rings. The molecular formula is C18H20BrNS. The zero-order chi connectivity index (χ0) is 14.8. The Balaban J connectivity index is 1.72. The van der Waals surface area contributed by atoms with Crippen LogP contribution in [-0.4, -0.2) is 6.26 Å². The number of aryl methyl sites for hydroxylation is 1. The van der Waals surface area contributed by atoms with Gasteiger partial charge in [0.25, 0.3) is 0 Å². The third-order valence-electron chi connectivity index (χ3n) is 4.25. The van der Waals surface area contributed by atoms with E-state index in [1.807, 2.05) is 0 Å². The maximum Gasteiger partial charge on any atom is 0.0331 e.